The molecule has 0 amide bonds. The normalized spacial score (nSPS) is 10.6. The van der Waals surface area contributed by atoms with E-state index in [-0.39, 0.29) is 12.4 Å². The van der Waals surface area contributed by atoms with Gasteiger partial charge in [-0.25, -0.2) is 4.39 Å². The standard InChI is InChI=1S/C12H14FN3O2/c1-8-15-12(18-16-8)7-17-11-3-2-10(13)6-9(11)4-5-14/h2-3,6H,4-5,7,14H2,1H3. The highest BCUT2D eigenvalue weighted by Gasteiger charge is 2.08. The van der Waals surface area contributed by atoms with Crippen LogP contribution >= 0.6 is 0 Å². The smallest absolute Gasteiger partial charge is 0.264 e. The molecule has 1 aromatic heterocycles. The van der Waals surface area contributed by atoms with Crippen LogP contribution in [0, 0.1) is 12.7 Å². The van der Waals surface area contributed by atoms with E-state index in [0.29, 0.717) is 30.4 Å². The predicted molar refractivity (Wildman–Crippen MR) is 62.5 cm³/mol. The van der Waals surface area contributed by atoms with Crippen LogP contribution < -0.4 is 10.5 Å². The minimum Gasteiger partial charge on any atom is -0.483 e. The van der Waals surface area contributed by atoms with Crippen LogP contribution in [0.4, 0.5) is 4.39 Å². The Hall–Kier alpha value is -1.95. The van der Waals surface area contributed by atoms with Crippen molar-refractivity contribution >= 4 is 0 Å². The Morgan fingerprint density at radius 3 is 2.94 bits per heavy atom. The van der Waals surface area contributed by atoms with Gasteiger partial charge in [0.15, 0.2) is 12.4 Å². The van der Waals surface area contributed by atoms with E-state index < -0.39 is 0 Å². The second-order valence-corrected chi connectivity index (χ2v) is 3.81. The van der Waals surface area contributed by atoms with Gasteiger partial charge in [0.05, 0.1) is 0 Å². The van der Waals surface area contributed by atoms with Gasteiger partial charge < -0.3 is 15.0 Å². The molecule has 0 spiro atoms. The highest BCUT2D eigenvalue weighted by atomic mass is 19.1. The molecule has 18 heavy (non-hydrogen) atoms. The minimum atomic E-state index is -0.306. The molecule has 6 heteroatoms. The Kier molecular flexibility index (Phi) is 3.88. The van der Waals surface area contributed by atoms with Crippen molar-refractivity contribution in [3.05, 3.63) is 41.3 Å². The fourth-order valence-electron chi connectivity index (χ4n) is 1.58. The topological polar surface area (TPSA) is 74.2 Å². The van der Waals surface area contributed by atoms with E-state index in [4.69, 9.17) is 15.0 Å². The van der Waals surface area contributed by atoms with Crippen molar-refractivity contribution in [3.63, 3.8) is 0 Å². The molecule has 2 rings (SSSR count). The van der Waals surface area contributed by atoms with Crippen molar-refractivity contribution in [3.8, 4) is 5.75 Å². The average molecular weight is 251 g/mol. The first-order valence-electron chi connectivity index (χ1n) is 5.59. The molecule has 2 aromatic rings. The van der Waals surface area contributed by atoms with Crippen LogP contribution in [-0.2, 0) is 13.0 Å². The number of aryl methyl sites for hydroxylation is 1. The van der Waals surface area contributed by atoms with Crippen LogP contribution in [0.3, 0.4) is 0 Å². The maximum Gasteiger partial charge on any atom is 0.264 e. The van der Waals surface area contributed by atoms with E-state index in [1.165, 1.54) is 12.1 Å². The van der Waals surface area contributed by atoms with Gasteiger partial charge in [0, 0.05) is 0 Å². The molecule has 0 aliphatic heterocycles. The molecule has 1 heterocycles. The molecule has 0 radical (unpaired) electrons. The van der Waals surface area contributed by atoms with Crippen LogP contribution in [0.25, 0.3) is 0 Å². The number of aromatic nitrogens is 2. The third-order valence-corrected chi connectivity index (χ3v) is 2.36. The number of nitrogens with two attached hydrogens (primary N) is 1. The van der Waals surface area contributed by atoms with Crippen LogP contribution in [-0.4, -0.2) is 16.7 Å². The zero-order valence-electron chi connectivity index (χ0n) is 10.0. The van der Waals surface area contributed by atoms with Crippen molar-refractivity contribution in [1.29, 1.82) is 0 Å². The lowest BCUT2D eigenvalue weighted by Crippen LogP contribution is -2.06. The first-order chi connectivity index (χ1) is 8.69. The number of rotatable bonds is 5. The molecule has 0 saturated carbocycles. The van der Waals surface area contributed by atoms with Crippen molar-refractivity contribution in [2.24, 2.45) is 5.73 Å². The number of nitrogens with zero attached hydrogens (tertiary/aromatic N) is 2. The van der Waals surface area contributed by atoms with Gasteiger partial charge in [-0.3, -0.25) is 0 Å². The maximum absolute atomic E-state index is 13.1. The van der Waals surface area contributed by atoms with E-state index in [2.05, 4.69) is 10.1 Å². The quantitative estimate of drug-likeness (QED) is 0.873. The number of halogens is 1. The summed E-state index contributed by atoms with van der Waals surface area (Å²) >= 11 is 0. The summed E-state index contributed by atoms with van der Waals surface area (Å²) in [6.07, 6.45) is 0.552. The lowest BCUT2D eigenvalue weighted by atomic mass is 10.1. The molecule has 0 aliphatic carbocycles. The molecule has 0 fully saturated rings. The lowest BCUT2D eigenvalue weighted by molar-refractivity contribution is 0.240. The largest absolute Gasteiger partial charge is 0.483 e. The maximum atomic E-state index is 13.1. The molecular weight excluding hydrogens is 237 g/mol. The second-order valence-electron chi connectivity index (χ2n) is 3.81. The van der Waals surface area contributed by atoms with Gasteiger partial charge in [-0.05, 0) is 43.7 Å². The summed E-state index contributed by atoms with van der Waals surface area (Å²) in [6.45, 7) is 2.31. The van der Waals surface area contributed by atoms with Crippen molar-refractivity contribution < 1.29 is 13.7 Å². The number of hydrogen-bond acceptors (Lipinski definition) is 5. The van der Waals surface area contributed by atoms with Gasteiger partial charge >= 0.3 is 0 Å². The minimum absolute atomic E-state index is 0.157. The summed E-state index contributed by atoms with van der Waals surface area (Å²) in [5.74, 6) is 1.21. The fraction of sp³-hybridized carbons (Fsp3) is 0.333. The summed E-state index contributed by atoms with van der Waals surface area (Å²) in [5.41, 5.74) is 6.20. The fourth-order valence-corrected chi connectivity index (χ4v) is 1.58. The van der Waals surface area contributed by atoms with E-state index in [1.54, 1.807) is 13.0 Å². The number of benzene rings is 1. The summed E-state index contributed by atoms with van der Waals surface area (Å²) in [6, 6.07) is 4.33. The molecule has 0 unspecified atom stereocenters. The Morgan fingerprint density at radius 1 is 1.44 bits per heavy atom. The van der Waals surface area contributed by atoms with Crippen LogP contribution in [0.1, 0.15) is 17.3 Å². The van der Waals surface area contributed by atoms with Gasteiger partial charge in [-0.2, -0.15) is 4.98 Å². The molecule has 96 valence electrons. The molecule has 0 atom stereocenters. The van der Waals surface area contributed by atoms with Crippen molar-refractivity contribution in [2.75, 3.05) is 6.54 Å². The van der Waals surface area contributed by atoms with E-state index in [9.17, 15) is 4.39 Å². The lowest BCUT2D eigenvalue weighted by Gasteiger charge is -2.09. The Morgan fingerprint density at radius 2 is 2.28 bits per heavy atom. The SMILES string of the molecule is Cc1noc(COc2ccc(F)cc2CCN)n1. The highest BCUT2D eigenvalue weighted by molar-refractivity contribution is 5.34. The van der Waals surface area contributed by atoms with E-state index in [0.717, 1.165) is 5.56 Å². The van der Waals surface area contributed by atoms with Crippen molar-refractivity contribution in [1.82, 2.24) is 10.1 Å². The van der Waals surface area contributed by atoms with Crippen molar-refractivity contribution in [2.45, 2.75) is 20.0 Å². The Balaban J connectivity index is 2.08. The molecule has 5 nitrogen and oxygen atoms in total. The monoisotopic (exact) mass is 251 g/mol. The summed E-state index contributed by atoms with van der Waals surface area (Å²) in [5, 5.41) is 3.66. The summed E-state index contributed by atoms with van der Waals surface area (Å²) in [7, 11) is 0. The summed E-state index contributed by atoms with van der Waals surface area (Å²) < 4.78 is 23.6. The van der Waals surface area contributed by atoms with Crippen LogP contribution in [0.15, 0.2) is 22.7 Å². The third kappa shape index (κ3) is 3.04. The van der Waals surface area contributed by atoms with Gasteiger partial charge in [0.1, 0.15) is 11.6 Å². The van der Waals surface area contributed by atoms with Crippen LogP contribution in [0.5, 0.6) is 5.75 Å². The second kappa shape index (κ2) is 5.59. The number of ether oxygens (including phenoxy) is 1. The zero-order chi connectivity index (χ0) is 13.0. The number of hydrogen-bond donors (Lipinski definition) is 1. The third-order valence-electron chi connectivity index (χ3n) is 2.36. The average Bonchev–Trinajstić information content (AvgIpc) is 2.75. The Labute approximate surface area is 104 Å². The first-order valence-corrected chi connectivity index (χ1v) is 5.59. The zero-order valence-corrected chi connectivity index (χ0v) is 10.0. The van der Waals surface area contributed by atoms with Gasteiger partial charge in [0.25, 0.3) is 5.89 Å². The molecule has 0 bridgehead atoms. The first kappa shape index (κ1) is 12.5. The molecule has 2 N–H and O–H groups in total. The highest BCUT2D eigenvalue weighted by Crippen LogP contribution is 2.21. The van der Waals surface area contributed by atoms with Gasteiger partial charge in [-0.1, -0.05) is 5.16 Å². The molecule has 0 aliphatic rings. The van der Waals surface area contributed by atoms with Crippen LogP contribution in [0.2, 0.25) is 0 Å². The molecule has 0 saturated heterocycles. The van der Waals surface area contributed by atoms with Gasteiger partial charge in [0.2, 0.25) is 0 Å². The Bertz CT molecular complexity index is 528. The summed E-state index contributed by atoms with van der Waals surface area (Å²) in [4.78, 5) is 4.02. The molecule has 1 aromatic carbocycles. The predicted octanol–water partition coefficient (Wildman–Crippen LogP) is 1.60. The van der Waals surface area contributed by atoms with Gasteiger partial charge in [-0.15, -0.1) is 0 Å². The van der Waals surface area contributed by atoms with E-state index >= 15 is 0 Å². The molecular formula is C12H14FN3O2. The van der Waals surface area contributed by atoms with E-state index in [1.807, 2.05) is 0 Å².